The number of halogens is 5. The molecule has 0 saturated carbocycles. The van der Waals surface area contributed by atoms with Crippen molar-refractivity contribution in [3.8, 4) is 45.0 Å². The maximum atomic E-state index is 12.9. The minimum atomic E-state index is -3.26. The number of amides is 4. The van der Waals surface area contributed by atoms with E-state index in [1.165, 1.54) is 17.2 Å². The number of carbonyl (C=O) groups is 4. The topological polar surface area (TPSA) is 330 Å². The van der Waals surface area contributed by atoms with Crippen LogP contribution in [0.25, 0.3) is 45.0 Å². The van der Waals surface area contributed by atoms with Crippen LogP contribution in [0.2, 0.25) is 25.1 Å². The van der Waals surface area contributed by atoms with Gasteiger partial charge in [-0.2, -0.15) is 0 Å². The second-order valence-corrected chi connectivity index (χ2v) is 39.6. The van der Waals surface area contributed by atoms with E-state index in [1.807, 2.05) is 56.3 Å². The summed E-state index contributed by atoms with van der Waals surface area (Å²) in [5, 5.41) is 14.1. The van der Waals surface area contributed by atoms with Crippen LogP contribution in [0.5, 0.6) is 0 Å². The Hall–Kier alpha value is -11.6. The zero-order chi connectivity index (χ0) is 88.3. The minimum absolute atomic E-state index is 0.148. The third kappa shape index (κ3) is 22.0. The molecule has 0 spiro atoms. The monoisotopic (exact) mass is 1860 g/mol. The van der Waals surface area contributed by atoms with E-state index in [2.05, 4.69) is 46.1 Å². The van der Waals surface area contributed by atoms with Crippen LogP contribution in [0.1, 0.15) is 78.2 Å². The highest BCUT2D eigenvalue weighted by Gasteiger charge is 2.33. The number of nitrogens with zero attached hydrogens (tertiary/aromatic N) is 9. The number of nitrogens with one attached hydrogen (secondary N) is 4. The number of morpholine rings is 1. The van der Waals surface area contributed by atoms with Gasteiger partial charge in [0.05, 0.1) is 108 Å². The summed E-state index contributed by atoms with van der Waals surface area (Å²) < 4.78 is 108. The van der Waals surface area contributed by atoms with Gasteiger partial charge in [-0.25, -0.2) is 33.7 Å². The first-order valence-corrected chi connectivity index (χ1v) is 47.9. The number of pyridine rings is 4. The van der Waals surface area contributed by atoms with E-state index in [0.717, 1.165) is 63.7 Å². The highest BCUT2D eigenvalue weighted by Crippen LogP contribution is 2.39. The van der Waals surface area contributed by atoms with Crippen molar-refractivity contribution in [3.05, 3.63) is 302 Å². The molecule has 12 aromatic rings. The van der Waals surface area contributed by atoms with Gasteiger partial charge in [0.2, 0.25) is 40.1 Å². The number of aromatic nitrogens is 4. The van der Waals surface area contributed by atoms with E-state index in [-0.39, 0.29) is 46.6 Å². The third-order valence-corrected chi connectivity index (χ3v) is 29.8. The highest BCUT2D eigenvalue weighted by molar-refractivity contribution is 7.94. The molecule has 8 aromatic carbocycles. The zero-order valence-corrected chi connectivity index (χ0v) is 74.3. The smallest absolute Gasteiger partial charge is 0.255 e. The molecule has 4 aromatic heterocycles. The van der Waals surface area contributed by atoms with Crippen molar-refractivity contribution in [1.29, 1.82) is 0 Å². The fourth-order valence-corrected chi connectivity index (χ4v) is 21.6. The summed E-state index contributed by atoms with van der Waals surface area (Å²) in [5.74, 6) is -0.602. The summed E-state index contributed by atoms with van der Waals surface area (Å²) in [5.41, 5.74) is 14.9. The Morgan fingerprint density at radius 1 is 0.336 bits per heavy atom. The maximum Gasteiger partial charge on any atom is 0.255 e. The third-order valence-electron chi connectivity index (χ3n) is 20.7. The van der Waals surface area contributed by atoms with E-state index in [1.54, 1.807) is 201 Å². The Balaban J connectivity index is 0.000000136. The molecule has 5 aliphatic heterocycles. The molecule has 0 bridgehead atoms. The number of benzene rings is 8. The molecule has 644 valence electrons. The number of sulfonamides is 4. The predicted octanol–water partition coefficient (Wildman–Crippen LogP) is 17.9. The molecule has 0 aliphatic carbocycles. The van der Waals surface area contributed by atoms with Crippen LogP contribution in [0.15, 0.2) is 243 Å². The van der Waals surface area contributed by atoms with Crippen molar-refractivity contribution in [2.45, 2.75) is 39.5 Å². The molecule has 0 atom stereocenters. The molecule has 26 nitrogen and oxygen atoms in total. The summed E-state index contributed by atoms with van der Waals surface area (Å²) in [6.45, 7) is 8.60. The van der Waals surface area contributed by atoms with Gasteiger partial charge in [-0.05, 0) is 257 Å². The molecule has 9 heterocycles. The largest absolute Gasteiger partial charge is 0.378 e. The molecular formula is C90H82Cl5N13O13S4. The van der Waals surface area contributed by atoms with Gasteiger partial charge in [0.25, 0.3) is 23.6 Å². The van der Waals surface area contributed by atoms with Gasteiger partial charge >= 0.3 is 0 Å². The molecule has 4 amide bonds. The van der Waals surface area contributed by atoms with Gasteiger partial charge in [-0.3, -0.25) is 56.3 Å². The molecule has 5 saturated heterocycles. The molecule has 4 N–H and O–H groups in total. The van der Waals surface area contributed by atoms with Gasteiger partial charge < -0.3 is 30.9 Å². The standard InChI is InChI=1S/C25H25ClN4O4S.2C22H20ClN3O3S.C21H17Cl2N3O3S/c26-22-9-6-19(17-21(22)24-23(3-1-10-27-24)29-12-14-34-15-13-29)28-25(31)18-4-7-20(8-5-18)30-11-2-16-35(30,32)33;2*1-15-3-10-21(24-14-15)19-13-17(6-9-20(19)23)25-22(27)16-4-7-18(8-5-16)26-11-2-12-30(26,28)29;22-15-8-9-24-20(12-15)18-13-16(4-7-19(18)23)25-21(27)14-2-5-17(6-3-14)26-10-1-11-30(26,28)29/h1,3-10,17H,2,11-16H2,(H,28,31);2*3-10,13-14H,2,11-12H2,1H3,(H,25,27);2-9,12-13H,1,10-11H2,(H,25,27). The Bertz CT molecular complexity index is 6320. The number of hydrogen-bond donors (Lipinski definition) is 4. The van der Waals surface area contributed by atoms with Crippen LogP contribution in [0.3, 0.4) is 0 Å². The van der Waals surface area contributed by atoms with Crippen LogP contribution < -0.4 is 43.4 Å². The summed E-state index contributed by atoms with van der Waals surface area (Å²) in [6, 6.07) is 62.0. The minimum Gasteiger partial charge on any atom is -0.378 e. The Kier molecular flexibility index (Phi) is 28.2. The molecule has 0 unspecified atom stereocenters. The lowest BCUT2D eigenvalue weighted by molar-refractivity contribution is 0.101. The fraction of sp³-hybridized carbons (Fsp3) is 0.200. The number of anilines is 9. The summed E-state index contributed by atoms with van der Waals surface area (Å²) in [4.78, 5) is 70.7. The Morgan fingerprint density at radius 3 is 0.960 bits per heavy atom. The lowest BCUT2D eigenvalue weighted by atomic mass is 10.1. The first-order chi connectivity index (χ1) is 59.9. The molecule has 0 radical (unpaired) electrons. The second-order valence-electron chi connectivity index (χ2n) is 29.5. The van der Waals surface area contributed by atoms with E-state index in [9.17, 15) is 52.8 Å². The fourth-order valence-electron chi connectivity index (χ4n) is 14.3. The first kappa shape index (κ1) is 89.7. The lowest BCUT2D eigenvalue weighted by Crippen LogP contribution is -2.36. The van der Waals surface area contributed by atoms with Crippen molar-refractivity contribution in [2.24, 2.45) is 0 Å². The van der Waals surface area contributed by atoms with E-state index < -0.39 is 40.1 Å². The van der Waals surface area contributed by atoms with Gasteiger partial charge in [-0.1, -0.05) is 70.1 Å². The Labute approximate surface area is 749 Å². The van der Waals surface area contributed by atoms with Crippen molar-refractivity contribution >= 4 is 173 Å². The molecule has 5 fully saturated rings. The van der Waals surface area contributed by atoms with Crippen molar-refractivity contribution in [3.63, 3.8) is 0 Å². The zero-order valence-electron chi connectivity index (χ0n) is 67.3. The molecule has 5 aliphatic rings. The van der Waals surface area contributed by atoms with Crippen LogP contribution in [0, 0.1) is 13.8 Å². The van der Waals surface area contributed by atoms with E-state index in [4.69, 9.17) is 62.7 Å². The Morgan fingerprint density at radius 2 is 0.656 bits per heavy atom. The quantitative estimate of drug-likeness (QED) is 0.0658. The van der Waals surface area contributed by atoms with Gasteiger partial charge in [-0.15, -0.1) is 0 Å². The van der Waals surface area contributed by atoms with Gasteiger partial charge in [0.15, 0.2) is 0 Å². The normalized spacial score (nSPS) is 15.8. The lowest BCUT2D eigenvalue weighted by Gasteiger charge is -2.30. The molecule has 17 rings (SSSR count). The number of carbonyl (C=O) groups excluding carboxylic acids is 4. The molecular weight excluding hydrogens is 1780 g/mol. The van der Waals surface area contributed by atoms with Crippen LogP contribution in [0.4, 0.5) is 51.2 Å². The number of rotatable bonds is 17. The van der Waals surface area contributed by atoms with Crippen LogP contribution in [-0.4, -0.2) is 153 Å². The van der Waals surface area contributed by atoms with Gasteiger partial charge in [0, 0.05) is 136 Å². The molecule has 35 heteroatoms. The van der Waals surface area contributed by atoms with Crippen molar-refractivity contribution < 1.29 is 57.6 Å². The number of aryl methyl sites for hydroxylation is 2. The summed E-state index contributed by atoms with van der Waals surface area (Å²) >= 11 is 31.5. The predicted molar refractivity (Wildman–Crippen MR) is 497 cm³/mol. The molecule has 125 heavy (non-hydrogen) atoms. The first-order valence-electron chi connectivity index (χ1n) is 39.5. The van der Waals surface area contributed by atoms with E-state index in [0.29, 0.717) is 169 Å². The second kappa shape index (κ2) is 39.3. The summed E-state index contributed by atoms with van der Waals surface area (Å²) in [7, 11) is -13.0. The van der Waals surface area contributed by atoms with Crippen molar-refractivity contribution in [2.75, 3.05) is 119 Å². The SMILES string of the molecule is Cc1ccc(-c2cc(NC(=O)c3ccc(N4CCCS4(=O)=O)cc3)ccc2Cl)nc1.Cc1ccc(-c2cc(NC(=O)c3ccc(N4CCCS4(=O)=O)cc3)ccc2Cl)nc1.O=C(Nc1ccc(Cl)c(-c2cc(Cl)ccn2)c1)c1ccc(N2CCCS2(=O)=O)cc1.O=C(Nc1ccc(Cl)c(-c2ncccc2N2CCOCC2)c1)c1ccc(N2CCCS2(=O)=O)cc1. The van der Waals surface area contributed by atoms with Crippen LogP contribution in [-0.2, 0) is 44.8 Å². The number of ether oxygens (including phenoxy) is 1. The van der Waals surface area contributed by atoms with Crippen molar-refractivity contribution in [1.82, 2.24) is 19.9 Å². The highest BCUT2D eigenvalue weighted by atomic mass is 35.5. The maximum absolute atomic E-state index is 12.9. The van der Waals surface area contributed by atoms with E-state index >= 15 is 0 Å². The average Bonchev–Trinajstić information content (AvgIpc) is 1.67. The number of hydrogen-bond acceptors (Lipinski definition) is 18. The van der Waals surface area contributed by atoms with Crippen LogP contribution >= 0.6 is 58.0 Å². The van der Waals surface area contributed by atoms with Gasteiger partial charge in [0.1, 0.15) is 0 Å². The summed E-state index contributed by atoms with van der Waals surface area (Å²) in [6.07, 6.45) is 9.26. The average molecular weight is 1860 g/mol.